The van der Waals surface area contributed by atoms with E-state index in [0.29, 0.717) is 34.4 Å². The van der Waals surface area contributed by atoms with E-state index in [1.165, 1.54) is 0 Å². The van der Waals surface area contributed by atoms with Crippen LogP contribution in [0.2, 0.25) is 5.02 Å². The standard InChI is InChI=1S/C18H19BrClNO4/c1-4-25-15-6-5-11(7-13(15)19)18(22)21-10-12-8-16(23-2)17(24-3)9-14(12)20/h5-9H,4,10H2,1-3H3,(H,21,22). The molecule has 7 heteroatoms. The van der Waals surface area contributed by atoms with Crippen molar-refractivity contribution in [2.24, 2.45) is 0 Å². The zero-order valence-electron chi connectivity index (χ0n) is 14.2. The highest BCUT2D eigenvalue weighted by molar-refractivity contribution is 9.10. The zero-order chi connectivity index (χ0) is 18.4. The van der Waals surface area contributed by atoms with Crippen LogP contribution in [0.25, 0.3) is 0 Å². The molecule has 2 rings (SSSR count). The number of nitrogens with one attached hydrogen (secondary N) is 1. The van der Waals surface area contributed by atoms with E-state index in [0.717, 1.165) is 10.0 Å². The smallest absolute Gasteiger partial charge is 0.251 e. The summed E-state index contributed by atoms with van der Waals surface area (Å²) in [5, 5.41) is 3.33. The van der Waals surface area contributed by atoms with E-state index in [2.05, 4.69) is 21.2 Å². The van der Waals surface area contributed by atoms with Crippen LogP contribution in [0, 0.1) is 0 Å². The Labute approximate surface area is 160 Å². The third-order valence-electron chi connectivity index (χ3n) is 3.49. The summed E-state index contributed by atoms with van der Waals surface area (Å²) < 4.78 is 16.6. The van der Waals surface area contributed by atoms with Crippen LogP contribution in [0.4, 0.5) is 0 Å². The van der Waals surface area contributed by atoms with E-state index < -0.39 is 0 Å². The highest BCUT2D eigenvalue weighted by Gasteiger charge is 2.13. The molecule has 1 amide bonds. The van der Waals surface area contributed by atoms with Gasteiger partial charge in [-0.05, 0) is 52.7 Å². The Balaban J connectivity index is 2.11. The molecule has 0 saturated carbocycles. The maximum atomic E-state index is 12.4. The summed E-state index contributed by atoms with van der Waals surface area (Å²) in [6.45, 7) is 2.73. The number of methoxy groups -OCH3 is 2. The number of ether oxygens (including phenoxy) is 3. The molecular weight excluding hydrogens is 410 g/mol. The average Bonchev–Trinajstić information content (AvgIpc) is 2.61. The first-order valence-corrected chi connectivity index (χ1v) is 8.78. The van der Waals surface area contributed by atoms with Gasteiger partial charge in [0, 0.05) is 23.2 Å². The molecule has 0 aliphatic heterocycles. The predicted molar refractivity (Wildman–Crippen MR) is 101 cm³/mol. The fraction of sp³-hybridized carbons (Fsp3) is 0.278. The van der Waals surface area contributed by atoms with E-state index in [1.807, 2.05) is 6.92 Å². The minimum absolute atomic E-state index is 0.213. The molecule has 0 fully saturated rings. The minimum atomic E-state index is -0.213. The molecule has 0 radical (unpaired) electrons. The topological polar surface area (TPSA) is 56.8 Å². The number of rotatable bonds is 7. The third-order valence-corrected chi connectivity index (χ3v) is 4.46. The number of carbonyl (C=O) groups is 1. The number of benzene rings is 2. The van der Waals surface area contributed by atoms with Crippen molar-refractivity contribution in [1.29, 1.82) is 0 Å². The monoisotopic (exact) mass is 427 g/mol. The zero-order valence-corrected chi connectivity index (χ0v) is 16.5. The Hall–Kier alpha value is -1.92. The number of halogens is 2. The van der Waals surface area contributed by atoms with Gasteiger partial charge in [-0.3, -0.25) is 4.79 Å². The van der Waals surface area contributed by atoms with Crippen LogP contribution in [0.3, 0.4) is 0 Å². The van der Waals surface area contributed by atoms with Crippen LogP contribution in [-0.2, 0) is 6.54 Å². The second-order valence-electron chi connectivity index (χ2n) is 5.06. The molecule has 0 bridgehead atoms. The van der Waals surface area contributed by atoms with E-state index in [4.69, 9.17) is 25.8 Å². The van der Waals surface area contributed by atoms with Crippen molar-refractivity contribution < 1.29 is 19.0 Å². The van der Waals surface area contributed by atoms with Gasteiger partial charge in [0.25, 0.3) is 5.91 Å². The van der Waals surface area contributed by atoms with Gasteiger partial charge in [0.1, 0.15) is 5.75 Å². The van der Waals surface area contributed by atoms with Crippen molar-refractivity contribution in [2.75, 3.05) is 20.8 Å². The number of hydrogen-bond donors (Lipinski definition) is 1. The molecule has 134 valence electrons. The molecular formula is C18H19BrClNO4. The molecule has 0 saturated heterocycles. The highest BCUT2D eigenvalue weighted by Crippen LogP contribution is 2.33. The molecule has 0 heterocycles. The van der Waals surface area contributed by atoms with Crippen LogP contribution < -0.4 is 19.5 Å². The van der Waals surface area contributed by atoms with E-state index in [-0.39, 0.29) is 12.5 Å². The van der Waals surface area contributed by atoms with Gasteiger partial charge >= 0.3 is 0 Å². The minimum Gasteiger partial charge on any atom is -0.493 e. The molecule has 0 aliphatic rings. The first-order valence-electron chi connectivity index (χ1n) is 7.61. The lowest BCUT2D eigenvalue weighted by Gasteiger charge is -2.13. The lowest BCUT2D eigenvalue weighted by atomic mass is 10.1. The van der Waals surface area contributed by atoms with Gasteiger partial charge in [-0.2, -0.15) is 0 Å². The summed E-state index contributed by atoms with van der Waals surface area (Å²) in [6.07, 6.45) is 0. The molecule has 25 heavy (non-hydrogen) atoms. The normalized spacial score (nSPS) is 10.3. The number of carbonyl (C=O) groups excluding carboxylic acids is 1. The van der Waals surface area contributed by atoms with Crippen LogP contribution in [0.15, 0.2) is 34.8 Å². The fourth-order valence-electron chi connectivity index (χ4n) is 2.22. The molecule has 2 aromatic rings. The Kier molecular flexibility index (Phi) is 6.96. The molecule has 2 aromatic carbocycles. The lowest BCUT2D eigenvalue weighted by molar-refractivity contribution is 0.0951. The first kappa shape index (κ1) is 19.4. The summed E-state index contributed by atoms with van der Waals surface area (Å²) in [5.41, 5.74) is 1.25. The van der Waals surface area contributed by atoms with Gasteiger partial charge in [0.15, 0.2) is 11.5 Å². The van der Waals surface area contributed by atoms with Crippen molar-refractivity contribution in [2.45, 2.75) is 13.5 Å². The highest BCUT2D eigenvalue weighted by atomic mass is 79.9. The van der Waals surface area contributed by atoms with Crippen molar-refractivity contribution in [3.63, 3.8) is 0 Å². The van der Waals surface area contributed by atoms with Gasteiger partial charge in [0.05, 0.1) is 25.3 Å². The van der Waals surface area contributed by atoms with Crippen LogP contribution >= 0.6 is 27.5 Å². The largest absolute Gasteiger partial charge is 0.493 e. The van der Waals surface area contributed by atoms with Crippen molar-refractivity contribution in [3.05, 3.63) is 51.0 Å². The quantitative estimate of drug-likeness (QED) is 0.708. The molecule has 0 unspecified atom stereocenters. The first-order chi connectivity index (χ1) is 12.0. The molecule has 0 aromatic heterocycles. The number of amides is 1. The Bertz CT molecular complexity index is 767. The van der Waals surface area contributed by atoms with Crippen LogP contribution in [0.5, 0.6) is 17.2 Å². The average molecular weight is 429 g/mol. The third kappa shape index (κ3) is 4.80. The van der Waals surface area contributed by atoms with Gasteiger partial charge in [-0.1, -0.05) is 11.6 Å². The predicted octanol–water partition coefficient (Wildman–Crippen LogP) is 4.45. The second-order valence-corrected chi connectivity index (χ2v) is 6.32. The molecule has 0 spiro atoms. The second kappa shape index (κ2) is 8.97. The van der Waals surface area contributed by atoms with E-state index >= 15 is 0 Å². The number of hydrogen-bond acceptors (Lipinski definition) is 4. The summed E-state index contributed by atoms with van der Waals surface area (Å²) in [4.78, 5) is 12.4. The summed E-state index contributed by atoms with van der Waals surface area (Å²) in [7, 11) is 3.09. The fourth-order valence-corrected chi connectivity index (χ4v) is 2.94. The summed E-state index contributed by atoms with van der Waals surface area (Å²) in [6, 6.07) is 8.59. The van der Waals surface area contributed by atoms with Crippen molar-refractivity contribution in [3.8, 4) is 17.2 Å². The van der Waals surface area contributed by atoms with Crippen LogP contribution in [-0.4, -0.2) is 26.7 Å². The Morgan fingerprint density at radius 2 is 1.80 bits per heavy atom. The Morgan fingerprint density at radius 3 is 2.40 bits per heavy atom. The van der Waals surface area contributed by atoms with Crippen molar-refractivity contribution in [1.82, 2.24) is 5.32 Å². The molecule has 5 nitrogen and oxygen atoms in total. The summed E-state index contributed by atoms with van der Waals surface area (Å²) >= 11 is 9.64. The SMILES string of the molecule is CCOc1ccc(C(=O)NCc2cc(OC)c(OC)cc2Cl)cc1Br. The molecule has 0 aliphatic carbocycles. The Morgan fingerprint density at radius 1 is 1.12 bits per heavy atom. The maximum Gasteiger partial charge on any atom is 0.251 e. The maximum absolute atomic E-state index is 12.4. The van der Waals surface area contributed by atoms with Gasteiger partial charge in [-0.15, -0.1) is 0 Å². The van der Waals surface area contributed by atoms with Crippen LogP contribution in [0.1, 0.15) is 22.8 Å². The van der Waals surface area contributed by atoms with Gasteiger partial charge in [-0.25, -0.2) is 0 Å². The van der Waals surface area contributed by atoms with Crippen molar-refractivity contribution >= 4 is 33.4 Å². The van der Waals surface area contributed by atoms with Gasteiger partial charge in [0.2, 0.25) is 0 Å². The van der Waals surface area contributed by atoms with E-state index in [9.17, 15) is 4.79 Å². The van der Waals surface area contributed by atoms with Gasteiger partial charge < -0.3 is 19.5 Å². The lowest BCUT2D eigenvalue weighted by Crippen LogP contribution is -2.23. The molecule has 0 atom stereocenters. The summed E-state index contributed by atoms with van der Waals surface area (Å²) in [5.74, 6) is 1.58. The van der Waals surface area contributed by atoms with E-state index in [1.54, 1.807) is 44.6 Å². The molecule has 1 N–H and O–H groups in total.